The molecule has 11 heteroatoms. The molecule has 0 atom stereocenters. The SMILES string of the molecule is CCOC(=O)C1CCN(c2ncnc(NCCc3c[nH]c4ccc(OC)cc34)c2[N+](=O)[O-])CC1. The van der Waals surface area contributed by atoms with E-state index in [1.54, 1.807) is 14.0 Å². The number of nitrogens with one attached hydrogen (secondary N) is 2. The summed E-state index contributed by atoms with van der Waals surface area (Å²) in [5.41, 5.74) is 1.91. The molecule has 0 aliphatic carbocycles. The van der Waals surface area contributed by atoms with Crippen LogP contribution in [0.2, 0.25) is 0 Å². The fourth-order valence-corrected chi connectivity index (χ4v) is 4.29. The highest BCUT2D eigenvalue weighted by Crippen LogP contribution is 2.34. The number of piperidine rings is 1. The van der Waals surface area contributed by atoms with Crippen LogP contribution in [0.15, 0.2) is 30.7 Å². The van der Waals surface area contributed by atoms with Crippen molar-refractivity contribution in [2.75, 3.05) is 43.6 Å². The number of hydrogen-bond acceptors (Lipinski definition) is 9. The lowest BCUT2D eigenvalue weighted by molar-refractivity contribution is -0.383. The normalized spacial score (nSPS) is 14.2. The number of fused-ring (bicyclic) bond motifs is 1. The van der Waals surface area contributed by atoms with Gasteiger partial charge in [0.25, 0.3) is 0 Å². The first-order valence-electron chi connectivity index (χ1n) is 11.3. The van der Waals surface area contributed by atoms with Crippen LogP contribution < -0.4 is 15.0 Å². The second-order valence-corrected chi connectivity index (χ2v) is 8.07. The molecule has 180 valence electrons. The van der Waals surface area contributed by atoms with Crippen LogP contribution in [0.4, 0.5) is 17.3 Å². The van der Waals surface area contributed by atoms with E-state index < -0.39 is 4.92 Å². The Morgan fingerprint density at radius 1 is 1.32 bits per heavy atom. The van der Waals surface area contributed by atoms with E-state index in [0.717, 1.165) is 22.2 Å². The van der Waals surface area contributed by atoms with Gasteiger partial charge in [-0.05, 0) is 49.9 Å². The lowest BCUT2D eigenvalue weighted by Gasteiger charge is -2.31. The fraction of sp³-hybridized carbons (Fsp3) is 0.435. The number of benzene rings is 1. The van der Waals surface area contributed by atoms with Crippen LogP contribution in [-0.4, -0.2) is 59.2 Å². The Labute approximate surface area is 196 Å². The van der Waals surface area contributed by atoms with Crippen molar-refractivity contribution in [3.05, 3.63) is 46.4 Å². The molecule has 3 aromatic rings. The predicted octanol–water partition coefficient (Wildman–Crippen LogP) is 3.31. The van der Waals surface area contributed by atoms with Gasteiger partial charge in [-0.2, -0.15) is 0 Å². The minimum atomic E-state index is -0.453. The number of hydrogen-bond donors (Lipinski definition) is 2. The van der Waals surface area contributed by atoms with Gasteiger partial charge < -0.3 is 24.7 Å². The number of carbonyl (C=O) groups excluding carboxylic acids is 1. The summed E-state index contributed by atoms with van der Waals surface area (Å²) in [6.45, 7) is 3.54. The average Bonchev–Trinajstić information content (AvgIpc) is 3.26. The molecule has 1 aliphatic rings. The quantitative estimate of drug-likeness (QED) is 0.275. The number of anilines is 2. The first kappa shape index (κ1) is 23.3. The molecule has 1 fully saturated rings. The van der Waals surface area contributed by atoms with Crippen LogP contribution in [-0.2, 0) is 16.0 Å². The molecule has 2 aromatic heterocycles. The summed E-state index contributed by atoms with van der Waals surface area (Å²) in [4.78, 5) is 36.9. The Kier molecular flexibility index (Phi) is 7.09. The molecule has 0 radical (unpaired) electrons. The smallest absolute Gasteiger partial charge is 0.353 e. The van der Waals surface area contributed by atoms with Crippen molar-refractivity contribution in [1.29, 1.82) is 0 Å². The monoisotopic (exact) mass is 468 g/mol. The summed E-state index contributed by atoms with van der Waals surface area (Å²) < 4.78 is 10.4. The van der Waals surface area contributed by atoms with Gasteiger partial charge in [-0.15, -0.1) is 0 Å². The van der Waals surface area contributed by atoms with E-state index >= 15 is 0 Å². The zero-order valence-electron chi connectivity index (χ0n) is 19.2. The van der Waals surface area contributed by atoms with E-state index in [1.165, 1.54) is 6.33 Å². The van der Waals surface area contributed by atoms with Gasteiger partial charge in [0.05, 0.1) is 24.6 Å². The van der Waals surface area contributed by atoms with Gasteiger partial charge in [0.2, 0.25) is 11.6 Å². The van der Waals surface area contributed by atoms with Gasteiger partial charge in [0.1, 0.15) is 12.1 Å². The third-order valence-electron chi connectivity index (χ3n) is 6.06. The molecule has 3 heterocycles. The second kappa shape index (κ2) is 10.4. The van der Waals surface area contributed by atoms with Crippen molar-refractivity contribution in [3.63, 3.8) is 0 Å². The van der Waals surface area contributed by atoms with E-state index in [1.807, 2.05) is 29.3 Å². The van der Waals surface area contributed by atoms with Gasteiger partial charge in [-0.25, -0.2) is 9.97 Å². The maximum absolute atomic E-state index is 12.0. The van der Waals surface area contributed by atoms with Gasteiger partial charge in [0, 0.05) is 36.7 Å². The summed E-state index contributed by atoms with van der Waals surface area (Å²) in [5, 5.41) is 16.1. The van der Waals surface area contributed by atoms with Gasteiger partial charge in [-0.1, -0.05) is 0 Å². The Balaban J connectivity index is 1.46. The molecule has 4 rings (SSSR count). The van der Waals surface area contributed by atoms with Crippen molar-refractivity contribution in [3.8, 4) is 5.75 Å². The summed E-state index contributed by atoms with van der Waals surface area (Å²) in [7, 11) is 1.63. The van der Waals surface area contributed by atoms with Crippen LogP contribution in [0.3, 0.4) is 0 Å². The van der Waals surface area contributed by atoms with Gasteiger partial charge >= 0.3 is 11.7 Å². The van der Waals surface area contributed by atoms with Gasteiger partial charge in [0.15, 0.2) is 0 Å². The van der Waals surface area contributed by atoms with Gasteiger partial charge in [-0.3, -0.25) is 14.9 Å². The van der Waals surface area contributed by atoms with Crippen molar-refractivity contribution in [1.82, 2.24) is 15.0 Å². The summed E-state index contributed by atoms with van der Waals surface area (Å²) in [6, 6.07) is 5.81. The minimum absolute atomic E-state index is 0.155. The maximum atomic E-state index is 12.0. The van der Waals surface area contributed by atoms with Crippen molar-refractivity contribution in [2.45, 2.75) is 26.2 Å². The largest absolute Gasteiger partial charge is 0.497 e. The molecule has 0 unspecified atom stereocenters. The lowest BCUT2D eigenvalue weighted by atomic mass is 9.97. The Hall–Kier alpha value is -3.89. The number of methoxy groups -OCH3 is 1. The highest BCUT2D eigenvalue weighted by Gasteiger charge is 2.32. The number of rotatable bonds is 9. The van der Waals surface area contributed by atoms with Crippen LogP contribution in [0, 0.1) is 16.0 Å². The molecule has 1 aromatic carbocycles. The zero-order valence-corrected chi connectivity index (χ0v) is 19.2. The van der Waals surface area contributed by atoms with E-state index in [-0.39, 0.29) is 29.2 Å². The number of ether oxygens (including phenoxy) is 2. The van der Waals surface area contributed by atoms with Crippen LogP contribution in [0.5, 0.6) is 5.75 Å². The molecule has 0 bridgehead atoms. The second-order valence-electron chi connectivity index (χ2n) is 8.07. The molecule has 0 spiro atoms. The first-order chi connectivity index (χ1) is 16.5. The molecule has 0 amide bonds. The number of H-pyrrole nitrogens is 1. The molecule has 2 N–H and O–H groups in total. The summed E-state index contributed by atoms with van der Waals surface area (Å²) in [5.74, 6) is 0.812. The zero-order chi connectivity index (χ0) is 24.1. The Bertz CT molecular complexity index is 1170. The molecular formula is C23H28N6O5. The number of aromatic amines is 1. The summed E-state index contributed by atoms with van der Waals surface area (Å²) in [6.07, 6.45) is 5.02. The van der Waals surface area contributed by atoms with E-state index in [9.17, 15) is 14.9 Å². The maximum Gasteiger partial charge on any atom is 0.353 e. The summed E-state index contributed by atoms with van der Waals surface area (Å²) >= 11 is 0. The molecule has 1 saturated heterocycles. The highest BCUT2D eigenvalue weighted by atomic mass is 16.6. The predicted molar refractivity (Wildman–Crippen MR) is 127 cm³/mol. The molecule has 11 nitrogen and oxygen atoms in total. The Morgan fingerprint density at radius 2 is 2.12 bits per heavy atom. The standard InChI is InChI=1S/C23H28N6O5/c1-3-34-23(30)15-7-10-28(11-8-15)22-20(29(31)32)21(26-14-27-22)24-9-6-16-13-25-19-5-4-17(33-2)12-18(16)19/h4-5,12-15,25H,3,6-11H2,1-2H3,(H,24,26,27). The molecule has 34 heavy (non-hydrogen) atoms. The molecule has 0 saturated carbocycles. The number of esters is 1. The lowest BCUT2D eigenvalue weighted by Crippen LogP contribution is -2.37. The molecule has 1 aliphatic heterocycles. The Morgan fingerprint density at radius 3 is 2.82 bits per heavy atom. The van der Waals surface area contributed by atoms with E-state index in [4.69, 9.17) is 9.47 Å². The van der Waals surface area contributed by atoms with E-state index in [0.29, 0.717) is 45.5 Å². The highest BCUT2D eigenvalue weighted by molar-refractivity contribution is 5.84. The first-order valence-corrected chi connectivity index (χ1v) is 11.3. The molecular weight excluding hydrogens is 440 g/mol. The van der Waals surface area contributed by atoms with Crippen LogP contribution in [0.1, 0.15) is 25.3 Å². The average molecular weight is 469 g/mol. The number of carbonyl (C=O) groups is 1. The van der Waals surface area contributed by atoms with E-state index in [2.05, 4.69) is 20.3 Å². The number of nitrogens with zero attached hydrogens (tertiary/aromatic N) is 4. The fourth-order valence-electron chi connectivity index (χ4n) is 4.29. The van der Waals surface area contributed by atoms with Crippen molar-refractivity contribution < 1.29 is 19.2 Å². The van der Waals surface area contributed by atoms with Crippen LogP contribution in [0.25, 0.3) is 10.9 Å². The third-order valence-corrected chi connectivity index (χ3v) is 6.06. The topological polar surface area (TPSA) is 136 Å². The number of aromatic nitrogens is 3. The van der Waals surface area contributed by atoms with Crippen LogP contribution >= 0.6 is 0 Å². The third kappa shape index (κ3) is 4.87. The van der Waals surface area contributed by atoms with Crippen molar-refractivity contribution >= 4 is 34.2 Å². The minimum Gasteiger partial charge on any atom is -0.497 e. The van der Waals surface area contributed by atoms with Crippen molar-refractivity contribution in [2.24, 2.45) is 5.92 Å². The number of nitro groups is 1.